The number of aryl methyl sites for hydroxylation is 2. The fourth-order valence-electron chi connectivity index (χ4n) is 3.98. The average Bonchev–Trinajstić information content (AvgIpc) is 3.54. The van der Waals surface area contributed by atoms with Crippen molar-refractivity contribution in [2.45, 2.75) is 32.9 Å². The number of amides is 2. The van der Waals surface area contributed by atoms with Gasteiger partial charge in [-0.05, 0) is 49.2 Å². The van der Waals surface area contributed by atoms with Crippen LogP contribution in [0.1, 0.15) is 29.3 Å². The molecule has 35 heavy (non-hydrogen) atoms. The van der Waals surface area contributed by atoms with E-state index in [-0.39, 0.29) is 18.0 Å². The van der Waals surface area contributed by atoms with Gasteiger partial charge in [0.2, 0.25) is 0 Å². The zero-order valence-corrected chi connectivity index (χ0v) is 20.0. The van der Waals surface area contributed by atoms with Crippen molar-refractivity contribution in [2.24, 2.45) is 4.99 Å². The molecule has 0 radical (unpaired) electrons. The minimum Gasteiger partial charge on any atom is -0.497 e. The van der Waals surface area contributed by atoms with Gasteiger partial charge in [0, 0.05) is 61.1 Å². The SMILES string of the molecule is CCn1cc(CC(=NC(=O)c2ccc(OC)cc2)C(=O)NCCCn2ccnc2)c2ccccc21. The van der Waals surface area contributed by atoms with Crippen molar-refractivity contribution in [1.82, 2.24) is 19.4 Å². The Hall–Kier alpha value is -4.20. The largest absolute Gasteiger partial charge is 0.497 e. The number of aliphatic imine (C=N–C) groups is 1. The van der Waals surface area contributed by atoms with E-state index in [1.807, 2.05) is 35.2 Å². The fourth-order valence-corrected chi connectivity index (χ4v) is 3.98. The number of hydrogen-bond acceptors (Lipinski definition) is 4. The molecule has 4 rings (SSSR count). The van der Waals surface area contributed by atoms with E-state index in [0.717, 1.165) is 36.0 Å². The van der Waals surface area contributed by atoms with Gasteiger partial charge < -0.3 is 19.2 Å². The van der Waals surface area contributed by atoms with Crippen LogP contribution in [0.5, 0.6) is 5.75 Å². The van der Waals surface area contributed by atoms with Crippen molar-refractivity contribution >= 4 is 28.4 Å². The highest BCUT2D eigenvalue weighted by molar-refractivity contribution is 6.41. The van der Waals surface area contributed by atoms with Crippen molar-refractivity contribution in [3.05, 3.63) is 84.6 Å². The number of rotatable bonds is 10. The maximum atomic E-state index is 13.1. The van der Waals surface area contributed by atoms with Gasteiger partial charge in [-0.25, -0.2) is 9.98 Å². The van der Waals surface area contributed by atoms with Crippen molar-refractivity contribution in [3.8, 4) is 5.75 Å². The molecule has 2 amide bonds. The van der Waals surface area contributed by atoms with Gasteiger partial charge in [-0.15, -0.1) is 0 Å². The quantitative estimate of drug-likeness (QED) is 0.281. The Bertz CT molecular complexity index is 1320. The number of methoxy groups -OCH3 is 1. The van der Waals surface area contributed by atoms with Crippen LogP contribution in [0.15, 0.2) is 78.4 Å². The first-order valence-corrected chi connectivity index (χ1v) is 11.7. The molecule has 1 N–H and O–H groups in total. The maximum Gasteiger partial charge on any atom is 0.277 e. The predicted molar refractivity (Wildman–Crippen MR) is 136 cm³/mol. The van der Waals surface area contributed by atoms with Crippen LogP contribution >= 0.6 is 0 Å². The zero-order valence-electron chi connectivity index (χ0n) is 20.0. The van der Waals surface area contributed by atoms with E-state index < -0.39 is 5.91 Å². The lowest BCUT2D eigenvalue weighted by Crippen LogP contribution is -2.34. The maximum absolute atomic E-state index is 13.1. The van der Waals surface area contributed by atoms with E-state index >= 15 is 0 Å². The van der Waals surface area contributed by atoms with Gasteiger partial charge in [-0.2, -0.15) is 0 Å². The summed E-state index contributed by atoms with van der Waals surface area (Å²) >= 11 is 0. The van der Waals surface area contributed by atoms with Gasteiger partial charge >= 0.3 is 0 Å². The van der Waals surface area contributed by atoms with Crippen LogP contribution in [0.25, 0.3) is 10.9 Å². The molecule has 0 saturated carbocycles. The summed E-state index contributed by atoms with van der Waals surface area (Å²) in [6.45, 7) is 4.08. The molecule has 180 valence electrons. The Morgan fingerprint density at radius 1 is 1.11 bits per heavy atom. The third kappa shape index (κ3) is 5.84. The first kappa shape index (κ1) is 23.9. The van der Waals surface area contributed by atoms with E-state index in [2.05, 4.69) is 32.9 Å². The Balaban J connectivity index is 1.56. The summed E-state index contributed by atoms with van der Waals surface area (Å²) in [5.41, 5.74) is 2.63. The Kier molecular flexibility index (Phi) is 7.72. The number of para-hydroxylation sites is 1. The summed E-state index contributed by atoms with van der Waals surface area (Å²) in [6, 6.07) is 14.7. The van der Waals surface area contributed by atoms with Crippen molar-refractivity contribution in [2.75, 3.05) is 13.7 Å². The number of hydrogen-bond donors (Lipinski definition) is 1. The summed E-state index contributed by atoms with van der Waals surface area (Å²) in [6.07, 6.45) is 8.36. The van der Waals surface area contributed by atoms with Gasteiger partial charge in [0.15, 0.2) is 0 Å². The third-order valence-electron chi connectivity index (χ3n) is 5.84. The lowest BCUT2D eigenvalue weighted by molar-refractivity contribution is -0.114. The second-order valence-corrected chi connectivity index (χ2v) is 8.14. The number of ether oxygens (including phenoxy) is 1. The predicted octanol–water partition coefficient (Wildman–Crippen LogP) is 3.90. The van der Waals surface area contributed by atoms with Crippen molar-refractivity contribution in [3.63, 3.8) is 0 Å². The van der Waals surface area contributed by atoms with Crippen LogP contribution in [0.3, 0.4) is 0 Å². The summed E-state index contributed by atoms with van der Waals surface area (Å²) < 4.78 is 9.25. The molecule has 2 heterocycles. The molecule has 0 spiro atoms. The lowest BCUT2D eigenvalue weighted by atomic mass is 10.1. The number of fused-ring (bicyclic) bond motifs is 1. The van der Waals surface area contributed by atoms with E-state index in [9.17, 15) is 9.59 Å². The monoisotopic (exact) mass is 471 g/mol. The molecule has 0 unspecified atom stereocenters. The second-order valence-electron chi connectivity index (χ2n) is 8.14. The van der Waals surface area contributed by atoms with Gasteiger partial charge in [-0.3, -0.25) is 9.59 Å². The van der Waals surface area contributed by atoms with Crippen LogP contribution in [0.4, 0.5) is 0 Å². The molecule has 0 aliphatic rings. The highest BCUT2D eigenvalue weighted by Gasteiger charge is 2.18. The Morgan fingerprint density at radius 3 is 2.63 bits per heavy atom. The average molecular weight is 472 g/mol. The minimum atomic E-state index is -0.463. The number of carbonyl (C=O) groups is 2. The zero-order chi connectivity index (χ0) is 24.6. The number of benzene rings is 2. The van der Waals surface area contributed by atoms with Crippen molar-refractivity contribution in [1.29, 1.82) is 0 Å². The minimum absolute atomic E-state index is 0.187. The molecule has 0 saturated heterocycles. The first-order chi connectivity index (χ1) is 17.1. The molecule has 2 aromatic carbocycles. The molecule has 0 aliphatic carbocycles. The van der Waals surface area contributed by atoms with Gasteiger partial charge in [0.05, 0.1) is 13.4 Å². The van der Waals surface area contributed by atoms with Crippen LogP contribution in [-0.4, -0.2) is 45.3 Å². The van der Waals surface area contributed by atoms with E-state index in [4.69, 9.17) is 4.74 Å². The third-order valence-corrected chi connectivity index (χ3v) is 5.84. The van der Waals surface area contributed by atoms with Gasteiger partial charge in [-0.1, -0.05) is 18.2 Å². The highest BCUT2D eigenvalue weighted by atomic mass is 16.5. The van der Waals surface area contributed by atoms with Crippen LogP contribution in [0, 0.1) is 0 Å². The lowest BCUT2D eigenvalue weighted by Gasteiger charge is -2.09. The number of aromatic nitrogens is 3. The molecule has 0 atom stereocenters. The number of nitrogens with one attached hydrogen (secondary N) is 1. The summed E-state index contributed by atoms with van der Waals surface area (Å²) in [5.74, 6) is -0.157. The number of imidazole rings is 1. The standard InChI is InChI=1S/C27H29N5O3/c1-3-32-18-21(23-7-4-5-8-25(23)32)17-24(27(34)29-13-6-15-31-16-14-28-19-31)30-26(33)20-9-11-22(35-2)12-10-20/h4-5,7-12,14,16,18-19H,3,6,13,15,17H2,1-2H3,(H,29,34). The van der Waals surface area contributed by atoms with E-state index in [0.29, 0.717) is 17.9 Å². The molecule has 0 aliphatic heterocycles. The van der Waals surface area contributed by atoms with Crippen LogP contribution in [-0.2, 0) is 24.3 Å². The number of carbonyl (C=O) groups excluding carboxylic acids is 2. The second kappa shape index (κ2) is 11.3. The van der Waals surface area contributed by atoms with Crippen LogP contribution in [0.2, 0.25) is 0 Å². The summed E-state index contributed by atoms with van der Waals surface area (Å²) in [4.78, 5) is 34.4. The number of nitrogens with zero attached hydrogens (tertiary/aromatic N) is 4. The van der Waals surface area contributed by atoms with Gasteiger partial charge in [0.25, 0.3) is 11.8 Å². The molecule has 0 fully saturated rings. The first-order valence-electron chi connectivity index (χ1n) is 11.7. The normalized spacial score (nSPS) is 11.5. The fraction of sp³-hybridized carbons (Fsp3) is 0.259. The van der Waals surface area contributed by atoms with Crippen LogP contribution < -0.4 is 10.1 Å². The molecule has 8 heteroatoms. The molecule has 0 bridgehead atoms. The summed E-state index contributed by atoms with van der Waals surface area (Å²) in [5, 5.41) is 3.97. The Labute approximate surface area is 204 Å². The molecule has 8 nitrogen and oxygen atoms in total. The van der Waals surface area contributed by atoms with Crippen molar-refractivity contribution < 1.29 is 14.3 Å². The van der Waals surface area contributed by atoms with E-state index in [1.54, 1.807) is 43.9 Å². The molecule has 2 aromatic heterocycles. The van der Waals surface area contributed by atoms with Gasteiger partial charge in [0.1, 0.15) is 11.5 Å². The smallest absolute Gasteiger partial charge is 0.277 e. The molecular weight excluding hydrogens is 442 g/mol. The summed E-state index contributed by atoms with van der Waals surface area (Å²) in [7, 11) is 1.57. The Morgan fingerprint density at radius 2 is 1.91 bits per heavy atom. The molecule has 4 aromatic rings. The topological polar surface area (TPSA) is 90.5 Å². The van der Waals surface area contributed by atoms with E-state index in [1.165, 1.54) is 0 Å². The molecular formula is C27H29N5O3. The highest BCUT2D eigenvalue weighted by Crippen LogP contribution is 2.22.